The Balaban J connectivity index is 2.13. The van der Waals surface area contributed by atoms with Crippen LogP contribution in [0, 0.1) is 0 Å². The SMILES string of the molecule is CCOC(=O)C1CN(C)CCN1Cc1ccccc1OC. The Bertz CT molecular complexity index is 478. The molecular formula is C16H24N2O3. The molecule has 0 amide bonds. The molecule has 1 aliphatic heterocycles. The number of methoxy groups -OCH3 is 1. The van der Waals surface area contributed by atoms with Gasteiger partial charge < -0.3 is 14.4 Å². The summed E-state index contributed by atoms with van der Waals surface area (Å²) in [5.41, 5.74) is 1.10. The van der Waals surface area contributed by atoms with Crippen LogP contribution in [-0.2, 0) is 16.1 Å². The Morgan fingerprint density at radius 2 is 2.10 bits per heavy atom. The predicted molar refractivity (Wildman–Crippen MR) is 81.3 cm³/mol. The Kier molecular flexibility index (Phi) is 5.59. The second-order valence-electron chi connectivity index (χ2n) is 5.31. The molecule has 5 heteroatoms. The van der Waals surface area contributed by atoms with E-state index in [-0.39, 0.29) is 12.0 Å². The van der Waals surface area contributed by atoms with Crippen LogP contribution in [0.4, 0.5) is 0 Å². The van der Waals surface area contributed by atoms with Crippen molar-refractivity contribution in [2.24, 2.45) is 0 Å². The standard InChI is InChI=1S/C16H24N2O3/c1-4-21-16(19)14-12-17(2)9-10-18(14)11-13-7-5-6-8-15(13)20-3/h5-8,14H,4,9-12H2,1-3H3. The lowest BCUT2D eigenvalue weighted by atomic mass is 10.1. The van der Waals surface area contributed by atoms with Gasteiger partial charge in [-0.1, -0.05) is 18.2 Å². The number of hydrogen-bond acceptors (Lipinski definition) is 5. The zero-order valence-corrected chi connectivity index (χ0v) is 13.0. The zero-order valence-electron chi connectivity index (χ0n) is 13.0. The number of piperazine rings is 1. The third kappa shape index (κ3) is 3.95. The first-order chi connectivity index (χ1) is 10.2. The van der Waals surface area contributed by atoms with Crippen molar-refractivity contribution in [2.45, 2.75) is 19.5 Å². The van der Waals surface area contributed by atoms with Crippen molar-refractivity contribution >= 4 is 5.97 Å². The van der Waals surface area contributed by atoms with E-state index in [1.54, 1.807) is 7.11 Å². The van der Waals surface area contributed by atoms with Gasteiger partial charge in [-0.2, -0.15) is 0 Å². The number of para-hydroxylation sites is 1. The molecule has 0 N–H and O–H groups in total. The van der Waals surface area contributed by atoms with E-state index in [0.29, 0.717) is 19.7 Å². The summed E-state index contributed by atoms with van der Waals surface area (Å²) >= 11 is 0. The minimum atomic E-state index is -0.214. The van der Waals surface area contributed by atoms with Gasteiger partial charge >= 0.3 is 5.97 Å². The van der Waals surface area contributed by atoms with E-state index < -0.39 is 0 Å². The molecule has 1 heterocycles. The number of carbonyl (C=O) groups excluding carboxylic acids is 1. The molecule has 1 aromatic carbocycles. The smallest absolute Gasteiger partial charge is 0.324 e. The van der Waals surface area contributed by atoms with Gasteiger partial charge in [0, 0.05) is 31.7 Å². The summed E-state index contributed by atoms with van der Waals surface area (Å²) < 4.78 is 10.6. The van der Waals surface area contributed by atoms with Gasteiger partial charge in [0.15, 0.2) is 0 Å². The van der Waals surface area contributed by atoms with Crippen LogP contribution in [0.15, 0.2) is 24.3 Å². The molecule has 0 bridgehead atoms. The fourth-order valence-electron chi connectivity index (χ4n) is 2.66. The highest BCUT2D eigenvalue weighted by atomic mass is 16.5. The number of benzene rings is 1. The van der Waals surface area contributed by atoms with Crippen LogP contribution in [0.3, 0.4) is 0 Å². The van der Waals surface area contributed by atoms with Crippen LogP contribution in [0.25, 0.3) is 0 Å². The van der Waals surface area contributed by atoms with Crippen molar-refractivity contribution in [3.05, 3.63) is 29.8 Å². The number of ether oxygens (including phenoxy) is 2. The van der Waals surface area contributed by atoms with Crippen molar-refractivity contribution in [2.75, 3.05) is 40.4 Å². The maximum absolute atomic E-state index is 12.2. The molecule has 1 atom stereocenters. The molecule has 2 rings (SSSR count). The fraction of sp³-hybridized carbons (Fsp3) is 0.562. The molecule has 21 heavy (non-hydrogen) atoms. The van der Waals surface area contributed by atoms with E-state index in [1.807, 2.05) is 38.2 Å². The third-order valence-electron chi connectivity index (χ3n) is 3.82. The van der Waals surface area contributed by atoms with E-state index in [2.05, 4.69) is 9.80 Å². The molecule has 5 nitrogen and oxygen atoms in total. The second kappa shape index (κ2) is 7.43. The van der Waals surface area contributed by atoms with Crippen molar-refractivity contribution < 1.29 is 14.3 Å². The van der Waals surface area contributed by atoms with Gasteiger partial charge in [-0.25, -0.2) is 0 Å². The summed E-state index contributed by atoms with van der Waals surface area (Å²) in [7, 11) is 3.71. The third-order valence-corrected chi connectivity index (χ3v) is 3.82. The number of nitrogens with zero attached hydrogens (tertiary/aromatic N) is 2. The Labute approximate surface area is 126 Å². The Morgan fingerprint density at radius 1 is 1.33 bits per heavy atom. The first kappa shape index (κ1) is 15.8. The van der Waals surface area contributed by atoms with Gasteiger partial charge in [0.1, 0.15) is 11.8 Å². The molecule has 1 unspecified atom stereocenters. The first-order valence-corrected chi connectivity index (χ1v) is 7.36. The normalized spacial score (nSPS) is 20.2. The summed E-state index contributed by atoms with van der Waals surface area (Å²) in [4.78, 5) is 16.5. The summed E-state index contributed by atoms with van der Waals surface area (Å²) in [6.07, 6.45) is 0. The minimum Gasteiger partial charge on any atom is -0.496 e. The fourth-order valence-corrected chi connectivity index (χ4v) is 2.66. The van der Waals surface area contributed by atoms with Crippen molar-refractivity contribution in [1.29, 1.82) is 0 Å². The molecule has 0 aliphatic carbocycles. The zero-order chi connectivity index (χ0) is 15.2. The summed E-state index contributed by atoms with van der Waals surface area (Å²) in [5.74, 6) is 0.720. The average molecular weight is 292 g/mol. The number of rotatable bonds is 5. The number of esters is 1. The van der Waals surface area contributed by atoms with Gasteiger partial charge in [0.25, 0.3) is 0 Å². The molecular weight excluding hydrogens is 268 g/mol. The van der Waals surface area contributed by atoms with E-state index in [9.17, 15) is 4.79 Å². The van der Waals surface area contributed by atoms with Crippen LogP contribution in [0.5, 0.6) is 5.75 Å². The second-order valence-corrected chi connectivity index (χ2v) is 5.31. The molecule has 1 fully saturated rings. The van der Waals surface area contributed by atoms with Crippen molar-refractivity contribution in [3.8, 4) is 5.75 Å². The predicted octanol–water partition coefficient (Wildman–Crippen LogP) is 1.37. The van der Waals surface area contributed by atoms with Crippen LogP contribution in [0.2, 0.25) is 0 Å². The van der Waals surface area contributed by atoms with Gasteiger partial charge in [0.05, 0.1) is 13.7 Å². The summed E-state index contributed by atoms with van der Waals surface area (Å²) in [6, 6.07) is 7.72. The van der Waals surface area contributed by atoms with E-state index in [0.717, 1.165) is 24.4 Å². The molecule has 1 aliphatic rings. The van der Waals surface area contributed by atoms with E-state index in [1.165, 1.54) is 0 Å². The lowest BCUT2D eigenvalue weighted by Gasteiger charge is -2.38. The van der Waals surface area contributed by atoms with Crippen molar-refractivity contribution in [3.63, 3.8) is 0 Å². The maximum atomic E-state index is 12.2. The van der Waals surface area contributed by atoms with Gasteiger partial charge in [-0.15, -0.1) is 0 Å². The molecule has 0 aromatic heterocycles. The number of carbonyl (C=O) groups is 1. The minimum absolute atomic E-state index is 0.140. The van der Waals surface area contributed by atoms with Gasteiger partial charge in [-0.05, 0) is 20.0 Å². The highest BCUT2D eigenvalue weighted by Gasteiger charge is 2.32. The quantitative estimate of drug-likeness (QED) is 0.767. The molecule has 1 aromatic rings. The number of hydrogen-bond donors (Lipinski definition) is 0. The van der Waals surface area contributed by atoms with E-state index >= 15 is 0 Å². The van der Waals surface area contributed by atoms with E-state index in [4.69, 9.17) is 9.47 Å². The highest BCUT2D eigenvalue weighted by molar-refractivity contribution is 5.76. The molecule has 0 radical (unpaired) electrons. The van der Waals surface area contributed by atoms with Crippen LogP contribution in [-0.4, -0.2) is 62.2 Å². The van der Waals surface area contributed by atoms with Crippen LogP contribution < -0.4 is 4.74 Å². The molecule has 0 spiro atoms. The molecule has 1 saturated heterocycles. The van der Waals surface area contributed by atoms with Gasteiger partial charge in [-0.3, -0.25) is 9.69 Å². The Morgan fingerprint density at radius 3 is 2.81 bits per heavy atom. The Hall–Kier alpha value is -1.59. The molecule has 0 saturated carbocycles. The van der Waals surface area contributed by atoms with Crippen molar-refractivity contribution in [1.82, 2.24) is 9.80 Å². The number of likely N-dealkylation sites (N-methyl/N-ethyl adjacent to an activating group) is 1. The van der Waals surface area contributed by atoms with Gasteiger partial charge in [0.2, 0.25) is 0 Å². The lowest BCUT2D eigenvalue weighted by molar-refractivity contribution is -0.152. The molecule has 116 valence electrons. The summed E-state index contributed by atoms with van der Waals surface area (Å²) in [5, 5.41) is 0. The highest BCUT2D eigenvalue weighted by Crippen LogP contribution is 2.22. The topological polar surface area (TPSA) is 42.0 Å². The largest absolute Gasteiger partial charge is 0.496 e. The van der Waals surface area contributed by atoms with Crippen LogP contribution in [0.1, 0.15) is 12.5 Å². The monoisotopic (exact) mass is 292 g/mol. The first-order valence-electron chi connectivity index (χ1n) is 7.36. The maximum Gasteiger partial charge on any atom is 0.324 e. The average Bonchev–Trinajstić information content (AvgIpc) is 2.49. The lowest BCUT2D eigenvalue weighted by Crippen LogP contribution is -2.55. The van der Waals surface area contributed by atoms with Crippen LogP contribution >= 0.6 is 0 Å². The summed E-state index contributed by atoms with van der Waals surface area (Å²) in [6.45, 7) is 5.45.